The van der Waals surface area contributed by atoms with Gasteiger partial charge in [-0.1, -0.05) is 0 Å². The summed E-state index contributed by atoms with van der Waals surface area (Å²) >= 11 is 1.35. The second-order valence-corrected chi connectivity index (χ2v) is 4.26. The molecule has 17 heavy (non-hydrogen) atoms. The summed E-state index contributed by atoms with van der Waals surface area (Å²) in [4.78, 5) is 4.99. The third-order valence-electron chi connectivity index (χ3n) is 2.08. The van der Waals surface area contributed by atoms with Crippen LogP contribution in [-0.4, -0.2) is 4.98 Å². The molecule has 1 aromatic heterocycles. The monoisotopic (exact) mass is 269 g/mol. The molecule has 0 unspecified atom stereocenters. The Bertz CT molecular complexity index is 562. The van der Waals surface area contributed by atoms with E-state index in [2.05, 4.69) is 4.98 Å². The number of halogens is 2. The van der Waals surface area contributed by atoms with E-state index in [9.17, 15) is 4.39 Å². The van der Waals surface area contributed by atoms with E-state index < -0.39 is 5.82 Å². The number of aromatic nitrogens is 1. The zero-order valence-corrected chi connectivity index (χ0v) is 10.3. The Kier molecular flexibility index (Phi) is 4.58. The predicted molar refractivity (Wildman–Crippen MR) is 67.4 cm³/mol. The number of rotatable bonds is 2. The Morgan fingerprint density at radius 3 is 2.76 bits per heavy atom. The van der Waals surface area contributed by atoms with E-state index in [1.54, 1.807) is 18.3 Å². The summed E-state index contributed by atoms with van der Waals surface area (Å²) < 4.78 is 13.6. The maximum atomic E-state index is 13.6. The van der Waals surface area contributed by atoms with E-state index in [1.165, 1.54) is 17.4 Å². The molecule has 1 aromatic carbocycles. The van der Waals surface area contributed by atoms with Gasteiger partial charge in [0.1, 0.15) is 10.8 Å². The van der Waals surface area contributed by atoms with E-state index in [-0.39, 0.29) is 12.4 Å². The third-order valence-corrected chi connectivity index (χ3v) is 3.14. The van der Waals surface area contributed by atoms with Crippen molar-refractivity contribution < 1.29 is 4.39 Å². The molecule has 6 heteroatoms. The van der Waals surface area contributed by atoms with Gasteiger partial charge in [-0.3, -0.25) is 0 Å². The SMILES string of the molecule is Cl.N#Cc1ccc(-c2ncc(CN)s2)c(F)c1. The van der Waals surface area contributed by atoms with Crippen molar-refractivity contribution >= 4 is 23.7 Å². The van der Waals surface area contributed by atoms with E-state index in [0.29, 0.717) is 22.7 Å². The number of hydrogen-bond donors (Lipinski definition) is 1. The van der Waals surface area contributed by atoms with E-state index >= 15 is 0 Å². The molecule has 0 radical (unpaired) electrons. The third kappa shape index (κ3) is 2.80. The molecule has 0 amide bonds. The molecule has 2 rings (SSSR count). The standard InChI is InChI=1S/C11H8FN3S.ClH/c12-10-3-7(4-13)1-2-9(10)11-15-6-8(5-14)16-11;/h1-3,6H,5,14H2;1H. The minimum atomic E-state index is -0.433. The van der Waals surface area contributed by atoms with E-state index in [4.69, 9.17) is 11.0 Å². The van der Waals surface area contributed by atoms with Crippen molar-refractivity contribution in [1.82, 2.24) is 4.98 Å². The molecule has 0 saturated carbocycles. The summed E-state index contributed by atoms with van der Waals surface area (Å²) in [5.74, 6) is -0.433. The number of benzene rings is 1. The van der Waals surface area contributed by atoms with Gasteiger partial charge in [0.15, 0.2) is 0 Å². The first-order chi connectivity index (χ1) is 7.74. The topological polar surface area (TPSA) is 62.7 Å². The van der Waals surface area contributed by atoms with Gasteiger partial charge in [-0.05, 0) is 18.2 Å². The molecule has 0 fully saturated rings. The average molecular weight is 270 g/mol. The maximum absolute atomic E-state index is 13.6. The van der Waals surface area contributed by atoms with Crippen molar-refractivity contribution in [2.24, 2.45) is 5.73 Å². The Hall–Kier alpha value is -1.48. The number of nitriles is 1. The van der Waals surface area contributed by atoms with Gasteiger partial charge in [0, 0.05) is 23.2 Å². The highest BCUT2D eigenvalue weighted by Crippen LogP contribution is 2.27. The average Bonchev–Trinajstić information content (AvgIpc) is 2.77. The number of nitrogens with zero attached hydrogens (tertiary/aromatic N) is 2. The largest absolute Gasteiger partial charge is 0.326 e. The highest BCUT2D eigenvalue weighted by molar-refractivity contribution is 7.15. The minimum Gasteiger partial charge on any atom is -0.326 e. The molecular formula is C11H9ClFN3S. The second-order valence-electron chi connectivity index (χ2n) is 3.14. The van der Waals surface area contributed by atoms with Crippen molar-refractivity contribution in [1.29, 1.82) is 5.26 Å². The van der Waals surface area contributed by atoms with Crippen LogP contribution in [0.5, 0.6) is 0 Å². The Labute approximate surface area is 108 Å². The lowest BCUT2D eigenvalue weighted by molar-refractivity contribution is 0.630. The lowest BCUT2D eigenvalue weighted by Crippen LogP contribution is -1.91. The van der Waals surface area contributed by atoms with Crippen molar-refractivity contribution in [3.05, 3.63) is 40.7 Å². The first-order valence-electron chi connectivity index (χ1n) is 4.59. The quantitative estimate of drug-likeness (QED) is 0.912. The first-order valence-corrected chi connectivity index (χ1v) is 5.41. The summed E-state index contributed by atoms with van der Waals surface area (Å²) in [6.07, 6.45) is 1.64. The molecule has 3 nitrogen and oxygen atoms in total. The predicted octanol–water partition coefficient (Wildman–Crippen LogP) is 2.70. The van der Waals surface area contributed by atoms with Crippen molar-refractivity contribution in [2.45, 2.75) is 6.54 Å². The molecule has 0 bridgehead atoms. The number of thiazole rings is 1. The Morgan fingerprint density at radius 1 is 1.47 bits per heavy atom. The lowest BCUT2D eigenvalue weighted by Gasteiger charge is -1.98. The second kappa shape index (κ2) is 5.73. The van der Waals surface area contributed by atoms with Crippen molar-refractivity contribution in [3.8, 4) is 16.6 Å². The Morgan fingerprint density at radius 2 is 2.24 bits per heavy atom. The molecule has 2 aromatic rings. The fourth-order valence-electron chi connectivity index (χ4n) is 1.28. The molecule has 0 aliphatic rings. The van der Waals surface area contributed by atoms with Gasteiger partial charge in [-0.25, -0.2) is 9.37 Å². The normalized spacial score (nSPS) is 9.47. The van der Waals surface area contributed by atoms with Gasteiger partial charge in [0.25, 0.3) is 0 Å². The minimum absolute atomic E-state index is 0. The number of hydrogen-bond acceptors (Lipinski definition) is 4. The molecule has 0 atom stereocenters. The highest BCUT2D eigenvalue weighted by Gasteiger charge is 2.09. The first kappa shape index (κ1) is 13.6. The van der Waals surface area contributed by atoms with Crippen LogP contribution in [0, 0.1) is 17.1 Å². The van der Waals surface area contributed by atoms with Crippen LogP contribution in [0.1, 0.15) is 10.4 Å². The van der Waals surface area contributed by atoms with Gasteiger partial charge >= 0.3 is 0 Å². The molecular weight excluding hydrogens is 261 g/mol. The molecule has 0 spiro atoms. The van der Waals surface area contributed by atoms with Gasteiger partial charge in [-0.2, -0.15) is 5.26 Å². The van der Waals surface area contributed by atoms with Gasteiger partial charge < -0.3 is 5.73 Å². The maximum Gasteiger partial charge on any atom is 0.134 e. The lowest BCUT2D eigenvalue weighted by atomic mass is 10.1. The summed E-state index contributed by atoms with van der Waals surface area (Å²) in [5, 5.41) is 9.21. The molecule has 0 saturated heterocycles. The summed E-state index contributed by atoms with van der Waals surface area (Å²) in [6, 6.07) is 6.23. The van der Waals surface area contributed by atoms with E-state index in [0.717, 1.165) is 4.88 Å². The smallest absolute Gasteiger partial charge is 0.134 e. The molecule has 2 N–H and O–H groups in total. The van der Waals surface area contributed by atoms with Crippen LogP contribution >= 0.6 is 23.7 Å². The summed E-state index contributed by atoms with van der Waals surface area (Å²) in [5.41, 5.74) is 6.17. The fraction of sp³-hybridized carbons (Fsp3) is 0.0909. The van der Waals surface area contributed by atoms with Crippen molar-refractivity contribution in [2.75, 3.05) is 0 Å². The zero-order valence-electron chi connectivity index (χ0n) is 8.68. The molecule has 1 heterocycles. The van der Waals surface area contributed by atoms with Gasteiger partial charge in [0.2, 0.25) is 0 Å². The van der Waals surface area contributed by atoms with Gasteiger partial charge in [0.05, 0.1) is 11.6 Å². The van der Waals surface area contributed by atoms with E-state index in [1.807, 2.05) is 6.07 Å². The Balaban J connectivity index is 0.00000144. The summed E-state index contributed by atoms with van der Waals surface area (Å²) in [6.45, 7) is 0.398. The van der Waals surface area contributed by atoms with Crippen LogP contribution in [0.15, 0.2) is 24.4 Å². The summed E-state index contributed by atoms with van der Waals surface area (Å²) in [7, 11) is 0. The molecule has 0 aliphatic heterocycles. The van der Waals surface area contributed by atoms with Crippen LogP contribution in [0.3, 0.4) is 0 Å². The van der Waals surface area contributed by atoms with Crippen LogP contribution in [0.25, 0.3) is 10.6 Å². The zero-order chi connectivity index (χ0) is 11.5. The van der Waals surface area contributed by atoms with Crippen LogP contribution in [0.2, 0.25) is 0 Å². The molecule has 0 aliphatic carbocycles. The highest BCUT2D eigenvalue weighted by atomic mass is 35.5. The van der Waals surface area contributed by atoms with Gasteiger partial charge in [-0.15, -0.1) is 23.7 Å². The van der Waals surface area contributed by atoms with Crippen LogP contribution in [0.4, 0.5) is 4.39 Å². The fourth-order valence-corrected chi connectivity index (χ4v) is 2.10. The van der Waals surface area contributed by atoms with Crippen LogP contribution < -0.4 is 5.73 Å². The van der Waals surface area contributed by atoms with Crippen LogP contribution in [-0.2, 0) is 6.54 Å². The van der Waals surface area contributed by atoms with Crippen molar-refractivity contribution in [3.63, 3.8) is 0 Å². The molecule has 88 valence electrons. The number of nitrogens with two attached hydrogens (primary N) is 1.